The molecule has 1 aliphatic rings. The fourth-order valence-corrected chi connectivity index (χ4v) is 3.79. The zero-order chi connectivity index (χ0) is 15.5. The van der Waals surface area contributed by atoms with E-state index in [4.69, 9.17) is 10.5 Å². The third kappa shape index (κ3) is 3.49. The minimum atomic E-state index is -0.539. The maximum Gasteiger partial charge on any atom is 0.358 e. The van der Waals surface area contributed by atoms with Crippen molar-refractivity contribution in [3.8, 4) is 0 Å². The zero-order valence-electron chi connectivity index (χ0n) is 12.6. The maximum absolute atomic E-state index is 12.0. The number of Topliss-reactive ketones (excluding diaryl/α,β-unsaturated/α-hetero) is 1. The number of ether oxygens (including phenoxy) is 1. The topological polar surface area (TPSA) is 82.3 Å². The molecular formula is C15H22N2O3S. The summed E-state index contributed by atoms with van der Waals surface area (Å²) in [6, 6.07) is 0. The lowest BCUT2D eigenvalue weighted by atomic mass is 9.92. The number of rotatable bonds is 4. The molecule has 1 aromatic heterocycles. The van der Waals surface area contributed by atoms with Crippen LogP contribution in [0.2, 0.25) is 0 Å². The van der Waals surface area contributed by atoms with Crippen LogP contribution in [0.4, 0.5) is 0 Å². The summed E-state index contributed by atoms with van der Waals surface area (Å²) in [6.45, 7) is 3.43. The van der Waals surface area contributed by atoms with Crippen molar-refractivity contribution < 1.29 is 14.3 Å². The molecule has 2 N–H and O–H groups in total. The van der Waals surface area contributed by atoms with E-state index in [1.807, 2.05) is 0 Å². The van der Waals surface area contributed by atoms with Crippen LogP contribution in [0.3, 0.4) is 0 Å². The molecule has 5 nitrogen and oxygen atoms in total. The lowest BCUT2D eigenvalue weighted by Gasteiger charge is -2.25. The lowest BCUT2D eigenvalue weighted by Crippen LogP contribution is -2.36. The van der Waals surface area contributed by atoms with Crippen LogP contribution in [0.5, 0.6) is 0 Å². The Morgan fingerprint density at radius 2 is 1.90 bits per heavy atom. The molecule has 6 heteroatoms. The Hall–Kier alpha value is -1.27. The van der Waals surface area contributed by atoms with Crippen molar-refractivity contribution in [3.05, 3.63) is 15.6 Å². The fraction of sp³-hybridized carbons (Fsp3) is 0.667. The third-order valence-electron chi connectivity index (χ3n) is 3.84. The number of hydrogen-bond acceptors (Lipinski definition) is 6. The summed E-state index contributed by atoms with van der Waals surface area (Å²) in [5.41, 5.74) is 6.13. The SMILES string of the molecule is CCOC(=O)c1nc(C2(N)CCCCCC2)sc1C(C)=O. The summed E-state index contributed by atoms with van der Waals surface area (Å²) in [6.07, 6.45) is 6.16. The number of nitrogens with zero attached hydrogens (tertiary/aromatic N) is 1. The van der Waals surface area contributed by atoms with Gasteiger partial charge in [0.2, 0.25) is 0 Å². The fourth-order valence-electron chi connectivity index (χ4n) is 2.68. The van der Waals surface area contributed by atoms with Gasteiger partial charge in [-0.25, -0.2) is 9.78 Å². The first-order valence-corrected chi connectivity index (χ1v) is 8.28. The predicted molar refractivity (Wildman–Crippen MR) is 81.6 cm³/mol. The quantitative estimate of drug-likeness (QED) is 0.525. The first-order chi connectivity index (χ1) is 9.98. The van der Waals surface area contributed by atoms with Gasteiger partial charge in [0.05, 0.1) is 12.1 Å². The Kier molecular flexibility index (Phi) is 5.11. The Bertz CT molecular complexity index is 531. The summed E-state index contributed by atoms with van der Waals surface area (Å²) < 4.78 is 4.99. The van der Waals surface area contributed by atoms with Gasteiger partial charge in [0.25, 0.3) is 0 Å². The van der Waals surface area contributed by atoms with Gasteiger partial charge in [0.1, 0.15) is 9.88 Å². The van der Waals surface area contributed by atoms with Crippen molar-refractivity contribution in [1.82, 2.24) is 4.98 Å². The second-order valence-electron chi connectivity index (χ2n) is 5.54. The summed E-state index contributed by atoms with van der Waals surface area (Å²) in [4.78, 5) is 28.5. The van der Waals surface area contributed by atoms with Crippen LogP contribution >= 0.6 is 11.3 Å². The molecule has 0 saturated heterocycles. The van der Waals surface area contributed by atoms with Crippen LogP contribution in [0, 0.1) is 0 Å². The average molecular weight is 310 g/mol. The van der Waals surface area contributed by atoms with E-state index in [9.17, 15) is 9.59 Å². The zero-order valence-corrected chi connectivity index (χ0v) is 13.4. The van der Waals surface area contributed by atoms with Gasteiger partial charge >= 0.3 is 5.97 Å². The van der Waals surface area contributed by atoms with Crippen LogP contribution in [0.25, 0.3) is 0 Å². The largest absolute Gasteiger partial charge is 0.461 e. The van der Waals surface area contributed by atoms with Gasteiger partial charge in [-0.3, -0.25) is 4.79 Å². The summed E-state index contributed by atoms with van der Waals surface area (Å²) in [7, 11) is 0. The first-order valence-electron chi connectivity index (χ1n) is 7.46. The van der Waals surface area contributed by atoms with Crippen molar-refractivity contribution >= 4 is 23.1 Å². The van der Waals surface area contributed by atoms with E-state index in [0.29, 0.717) is 9.88 Å². The monoisotopic (exact) mass is 310 g/mol. The Balaban J connectivity index is 2.38. The molecule has 1 fully saturated rings. The molecule has 0 bridgehead atoms. The molecule has 0 unspecified atom stereocenters. The van der Waals surface area contributed by atoms with Gasteiger partial charge in [-0.05, 0) is 19.8 Å². The number of carbonyl (C=O) groups excluding carboxylic acids is 2. The first kappa shape index (κ1) is 16.1. The van der Waals surface area contributed by atoms with Gasteiger partial charge < -0.3 is 10.5 Å². The van der Waals surface area contributed by atoms with Crippen molar-refractivity contribution in [1.29, 1.82) is 0 Å². The molecule has 21 heavy (non-hydrogen) atoms. The molecule has 2 rings (SSSR count). The number of thiazole rings is 1. The van der Waals surface area contributed by atoms with Gasteiger partial charge in [0, 0.05) is 6.92 Å². The van der Waals surface area contributed by atoms with Crippen LogP contribution in [-0.2, 0) is 10.3 Å². The summed E-state index contributed by atoms with van der Waals surface area (Å²) >= 11 is 1.25. The minimum absolute atomic E-state index is 0.124. The molecule has 1 aliphatic carbocycles. The second-order valence-corrected chi connectivity index (χ2v) is 6.54. The van der Waals surface area contributed by atoms with Gasteiger partial charge in [-0.1, -0.05) is 25.7 Å². The van der Waals surface area contributed by atoms with E-state index < -0.39 is 11.5 Å². The van der Waals surface area contributed by atoms with Gasteiger partial charge in [-0.2, -0.15) is 0 Å². The molecule has 0 spiro atoms. The summed E-state index contributed by atoms with van der Waals surface area (Å²) in [5, 5.41) is 0.692. The predicted octanol–water partition coefficient (Wildman–Crippen LogP) is 3.03. The Labute approximate surface area is 128 Å². The van der Waals surface area contributed by atoms with Crippen LogP contribution in [-0.4, -0.2) is 23.3 Å². The second kappa shape index (κ2) is 6.66. The smallest absolute Gasteiger partial charge is 0.358 e. The molecule has 1 heterocycles. The van der Waals surface area contributed by atoms with E-state index in [0.717, 1.165) is 25.7 Å². The average Bonchev–Trinajstić information content (AvgIpc) is 2.78. The van der Waals surface area contributed by atoms with E-state index in [-0.39, 0.29) is 18.1 Å². The van der Waals surface area contributed by atoms with Crippen LogP contribution < -0.4 is 5.73 Å². The van der Waals surface area contributed by atoms with E-state index in [1.165, 1.54) is 31.1 Å². The highest BCUT2D eigenvalue weighted by molar-refractivity contribution is 7.14. The highest BCUT2D eigenvalue weighted by atomic mass is 32.1. The molecule has 1 aromatic rings. The molecule has 0 radical (unpaired) electrons. The number of carbonyl (C=O) groups is 2. The lowest BCUT2D eigenvalue weighted by molar-refractivity contribution is 0.0517. The molecule has 116 valence electrons. The Morgan fingerprint density at radius 1 is 1.29 bits per heavy atom. The van der Waals surface area contributed by atoms with Crippen LogP contribution in [0.1, 0.15) is 77.5 Å². The van der Waals surface area contributed by atoms with E-state index in [2.05, 4.69) is 4.98 Å². The number of nitrogens with two attached hydrogens (primary N) is 1. The van der Waals surface area contributed by atoms with Gasteiger partial charge in [-0.15, -0.1) is 11.3 Å². The molecule has 1 saturated carbocycles. The molecule has 0 amide bonds. The maximum atomic E-state index is 12.0. The highest BCUT2D eigenvalue weighted by Crippen LogP contribution is 2.37. The number of ketones is 1. The van der Waals surface area contributed by atoms with Crippen molar-refractivity contribution in [2.24, 2.45) is 5.73 Å². The molecule has 0 aliphatic heterocycles. The normalized spacial score (nSPS) is 18.0. The van der Waals surface area contributed by atoms with E-state index >= 15 is 0 Å². The standard InChI is InChI=1S/C15H22N2O3S/c1-3-20-13(19)11-12(10(2)18)21-14(17-11)15(16)8-6-4-5-7-9-15/h3-9,16H2,1-2H3. The minimum Gasteiger partial charge on any atom is -0.461 e. The number of aromatic nitrogens is 1. The van der Waals surface area contributed by atoms with Gasteiger partial charge in [0.15, 0.2) is 11.5 Å². The number of esters is 1. The summed E-state index contributed by atoms with van der Waals surface area (Å²) in [5.74, 6) is -0.707. The molecular weight excluding hydrogens is 288 g/mol. The van der Waals surface area contributed by atoms with Crippen molar-refractivity contribution in [2.45, 2.75) is 57.9 Å². The Morgan fingerprint density at radius 3 is 2.43 bits per heavy atom. The third-order valence-corrected chi connectivity index (χ3v) is 5.21. The highest BCUT2D eigenvalue weighted by Gasteiger charge is 2.34. The van der Waals surface area contributed by atoms with E-state index in [1.54, 1.807) is 6.92 Å². The van der Waals surface area contributed by atoms with Crippen molar-refractivity contribution in [3.63, 3.8) is 0 Å². The van der Waals surface area contributed by atoms with Crippen molar-refractivity contribution in [2.75, 3.05) is 6.61 Å². The molecule has 0 atom stereocenters. The number of hydrogen-bond donors (Lipinski definition) is 1. The molecule has 0 aromatic carbocycles. The van der Waals surface area contributed by atoms with Crippen LogP contribution in [0.15, 0.2) is 0 Å².